The van der Waals surface area contributed by atoms with Crippen LogP contribution < -0.4 is 9.47 Å². The van der Waals surface area contributed by atoms with Crippen LogP contribution >= 0.6 is 11.8 Å². The van der Waals surface area contributed by atoms with Crippen molar-refractivity contribution in [2.24, 2.45) is 4.99 Å². The average Bonchev–Trinajstić information content (AvgIpc) is 2.99. The molecule has 0 radical (unpaired) electrons. The molecule has 1 saturated heterocycles. The van der Waals surface area contributed by atoms with Crippen molar-refractivity contribution in [3.05, 3.63) is 60.2 Å². The van der Waals surface area contributed by atoms with Gasteiger partial charge < -0.3 is 9.47 Å². The Morgan fingerprint density at radius 1 is 1.11 bits per heavy atom. The number of aliphatic imine (C=N–C) groups is 1. The molecule has 0 spiro atoms. The molecule has 0 aliphatic carbocycles. The standard InChI is InChI=1S/C21H24N2O3S/c1-21(2)15-27-20(22-13-16-9-5-4-6-10-16)23(21)19(24)14-26-18-12-8-7-11-17(18)25-3/h4-12H,13-15H2,1-3H3. The molecule has 1 heterocycles. The maximum Gasteiger partial charge on any atom is 0.267 e. The fraction of sp³-hybridized carbons (Fsp3) is 0.333. The van der Waals surface area contributed by atoms with Gasteiger partial charge in [-0.1, -0.05) is 54.2 Å². The lowest BCUT2D eigenvalue weighted by atomic mass is 10.1. The van der Waals surface area contributed by atoms with E-state index in [1.165, 1.54) is 0 Å². The fourth-order valence-electron chi connectivity index (χ4n) is 2.87. The van der Waals surface area contributed by atoms with Crippen molar-refractivity contribution in [1.29, 1.82) is 0 Å². The molecule has 6 heteroatoms. The van der Waals surface area contributed by atoms with Gasteiger partial charge in [0.1, 0.15) is 0 Å². The smallest absolute Gasteiger partial charge is 0.267 e. The van der Waals surface area contributed by atoms with Gasteiger partial charge in [0.05, 0.1) is 19.2 Å². The molecule has 0 atom stereocenters. The second-order valence-electron chi connectivity index (χ2n) is 6.85. The minimum atomic E-state index is -0.304. The van der Waals surface area contributed by atoms with E-state index in [0.29, 0.717) is 18.0 Å². The summed E-state index contributed by atoms with van der Waals surface area (Å²) in [4.78, 5) is 19.4. The molecule has 0 unspecified atom stereocenters. The van der Waals surface area contributed by atoms with Gasteiger partial charge in [0.2, 0.25) is 0 Å². The summed E-state index contributed by atoms with van der Waals surface area (Å²) < 4.78 is 11.0. The Kier molecular flexibility index (Phi) is 6.06. The minimum absolute atomic E-state index is 0.0608. The van der Waals surface area contributed by atoms with Crippen molar-refractivity contribution in [1.82, 2.24) is 4.90 Å². The van der Waals surface area contributed by atoms with E-state index in [2.05, 4.69) is 4.99 Å². The minimum Gasteiger partial charge on any atom is -0.493 e. The number of hydrogen-bond donors (Lipinski definition) is 0. The van der Waals surface area contributed by atoms with E-state index in [1.54, 1.807) is 29.8 Å². The van der Waals surface area contributed by atoms with Crippen LogP contribution in [0, 0.1) is 0 Å². The Morgan fingerprint density at radius 2 is 1.78 bits per heavy atom. The first-order valence-corrected chi connectivity index (χ1v) is 9.80. The van der Waals surface area contributed by atoms with E-state index in [9.17, 15) is 4.79 Å². The maximum absolute atomic E-state index is 12.9. The van der Waals surface area contributed by atoms with Gasteiger partial charge in [0.25, 0.3) is 5.91 Å². The molecule has 1 aliphatic rings. The van der Waals surface area contributed by atoms with E-state index in [-0.39, 0.29) is 18.1 Å². The van der Waals surface area contributed by atoms with E-state index >= 15 is 0 Å². The molecule has 1 aliphatic heterocycles. The summed E-state index contributed by atoms with van der Waals surface area (Å²) in [5.41, 5.74) is 0.814. The van der Waals surface area contributed by atoms with Gasteiger partial charge in [-0.15, -0.1) is 0 Å². The van der Waals surface area contributed by atoms with Crippen LogP contribution in [0.5, 0.6) is 11.5 Å². The molecule has 0 bridgehead atoms. The lowest BCUT2D eigenvalue weighted by molar-refractivity contribution is -0.132. The zero-order chi connectivity index (χ0) is 19.3. The largest absolute Gasteiger partial charge is 0.493 e. The molecule has 0 saturated carbocycles. The number of amidine groups is 1. The van der Waals surface area contributed by atoms with Gasteiger partial charge in [0, 0.05) is 5.75 Å². The van der Waals surface area contributed by atoms with E-state index in [1.807, 2.05) is 62.4 Å². The predicted octanol–water partition coefficient (Wildman–Crippen LogP) is 3.98. The van der Waals surface area contributed by atoms with Gasteiger partial charge in [-0.05, 0) is 31.5 Å². The number of ether oxygens (including phenoxy) is 2. The molecular formula is C21H24N2O3S. The Bertz CT molecular complexity index is 821. The number of hydrogen-bond acceptors (Lipinski definition) is 5. The summed E-state index contributed by atoms with van der Waals surface area (Å²) in [7, 11) is 1.58. The molecule has 2 aromatic rings. The van der Waals surface area contributed by atoms with Crippen molar-refractivity contribution >= 4 is 22.8 Å². The number of para-hydroxylation sites is 2. The van der Waals surface area contributed by atoms with E-state index < -0.39 is 0 Å². The first-order valence-electron chi connectivity index (χ1n) is 8.81. The number of carbonyl (C=O) groups is 1. The summed E-state index contributed by atoms with van der Waals surface area (Å²) in [6.45, 7) is 4.59. The zero-order valence-electron chi connectivity index (χ0n) is 15.8. The molecule has 0 aromatic heterocycles. The summed E-state index contributed by atoms with van der Waals surface area (Å²) in [5, 5.41) is 0.748. The summed E-state index contributed by atoms with van der Waals surface area (Å²) in [6, 6.07) is 17.3. The number of rotatable bonds is 6. The quantitative estimate of drug-likeness (QED) is 0.756. The Hall–Kier alpha value is -2.47. The van der Waals surface area contributed by atoms with E-state index in [4.69, 9.17) is 9.47 Å². The Balaban J connectivity index is 1.71. The number of nitrogens with zero attached hydrogens (tertiary/aromatic N) is 2. The number of carbonyl (C=O) groups excluding carboxylic acids is 1. The number of amides is 1. The molecule has 1 amide bonds. The van der Waals surface area contributed by atoms with Gasteiger partial charge in [-0.25, -0.2) is 0 Å². The maximum atomic E-state index is 12.9. The Morgan fingerprint density at radius 3 is 2.48 bits per heavy atom. The second kappa shape index (κ2) is 8.48. The first-order chi connectivity index (χ1) is 13.0. The highest BCUT2D eigenvalue weighted by molar-refractivity contribution is 8.14. The van der Waals surface area contributed by atoms with Crippen molar-refractivity contribution in [2.45, 2.75) is 25.9 Å². The van der Waals surface area contributed by atoms with Crippen molar-refractivity contribution < 1.29 is 14.3 Å². The average molecular weight is 385 g/mol. The van der Waals surface area contributed by atoms with Crippen LogP contribution in [-0.2, 0) is 11.3 Å². The molecule has 1 fully saturated rings. The summed E-state index contributed by atoms with van der Waals surface area (Å²) >= 11 is 1.61. The van der Waals surface area contributed by atoms with Crippen LogP contribution in [0.25, 0.3) is 0 Å². The molecule has 27 heavy (non-hydrogen) atoms. The van der Waals surface area contributed by atoms with Crippen LogP contribution in [0.15, 0.2) is 59.6 Å². The van der Waals surface area contributed by atoms with Gasteiger partial charge in [-0.2, -0.15) is 0 Å². The molecule has 5 nitrogen and oxygen atoms in total. The number of methoxy groups -OCH3 is 1. The molecule has 2 aromatic carbocycles. The van der Waals surface area contributed by atoms with Crippen molar-refractivity contribution in [3.8, 4) is 11.5 Å². The first kappa shape index (κ1) is 19.3. The molecular weight excluding hydrogens is 360 g/mol. The van der Waals surface area contributed by atoms with Crippen LogP contribution in [0.1, 0.15) is 19.4 Å². The topological polar surface area (TPSA) is 51.1 Å². The summed E-state index contributed by atoms with van der Waals surface area (Å²) in [5.74, 6) is 1.86. The van der Waals surface area contributed by atoms with Gasteiger partial charge >= 0.3 is 0 Å². The normalized spacial score (nSPS) is 17.1. The van der Waals surface area contributed by atoms with Gasteiger partial charge in [-0.3, -0.25) is 14.7 Å². The van der Waals surface area contributed by atoms with Crippen LogP contribution in [0.2, 0.25) is 0 Å². The van der Waals surface area contributed by atoms with Gasteiger partial charge in [0.15, 0.2) is 23.3 Å². The predicted molar refractivity (Wildman–Crippen MR) is 109 cm³/mol. The lowest BCUT2D eigenvalue weighted by Crippen LogP contribution is -2.48. The zero-order valence-corrected chi connectivity index (χ0v) is 16.7. The second-order valence-corrected chi connectivity index (χ2v) is 7.80. The number of benzene rings is 2. The molecule has 3 rings (SSSR count). The van der Waals surface area contributed by atoms with Crippen LogP contribution in [-0.4, -0.2) is 41.0 Å². The molecule has 0 N–H and O–H groups in total. The lowest BCUT2D eigenvalue weighted by Gasteiger charge is -2.30. The third-order valence-electron chi connectivity index (χ3n) is 4.26. The third kappa shape index (κ3) is 4.63. The highest BCUT2D eigenvalue weighted by atomic mass is 32.2. The van der Waals surface area contributed by atoms with Crippen LogP contribution in [0.3, 0.4) is 0 Å². The fourth-order valence-corrected chi connectivity index (χ4v) is 4.12. The van der Waals surface area contributed by atoms with Crippen molar-refractivity contribution in [2.75, 3.05) is 19.5 Å². The van der Waals surface area contributed by atoms with E-state index in [0.717, 1.165) is 16.5 Å². The van der Waals surface area contributed by atoms with Crippen molar-refractivity contribution in [3.63, 3.8) is 0 Å². The molecule has 142 valence electrons. The highest BCUT2D eigenvalue weighted by Crippen LogP contribution is 2.33. The SMILES string of the molecule is COc1ccccc1OCC(=O)N1C(=NCc2ccccc2)SCC1(C)C. The summed E-state index contributed by atoms with van der Waals surface area (Å²) in [6.07, 6.45) is 0. The highest BCUT2D eigenvalue weighted by Gasteiger charge is 2.41. The Labute approximate surface area is 164 Å². The monoisotopic (exact) mass is 384 g/mol. The van der Waals surface area contributed by atoms with Crippen LogP contribution in [0.4, 0.5) is 0 Å². The third-order valence-corrected chi connectivity index (χ3v) is 5.68. The number of thioether (sulfide) groups is 1.